The van der Waals surface area contributed by atoms with Crippen molar-refractivity contribution in [2.75, 3.05) is 6.54 Å². The van der Waals surface area contributed by atoms with Crippen LogP contribution in [0.5, 0.6) is 5.75 Å². The Kier molecular flexibility index (Phi) is 7.68. The Morgan fingerprint density at radius 1 is 1.00 bits per heavy atom. The second-order valence-corrected chi connectivity index (χ2v) is 6.19. The van der Waals surface area contributed by atoms with Gasteiger partial charge in [0.15, 0.2) is 0 Å². The van der Waals surface area contributed by atoms with Gasteiger partial charge in [0.05, 0.1) is 6.54 Å². The van der Waals surface area contributed by atoms with Crippen LogP contribution in [-0.4, -0.2) is 18.4 Å². The predicted molar refractivity (Wildman–Crippen MR) is 102 cm³/mol. The summed E-state index contributed by atoms with van der Waals surface area (Å²) in [6, 6.07) is 17.5. The molecule has 2 rings (SSSR count). The molecule has 0 spiro atoms. The summed E-state index contributed by atoms with van der Waals surface area (Å²) in [7, 11) is 0. The first-order valence-corrected chi connectivity index (χ1v) is 8.89. The van der Waals surface area contributed by atoms with Crippen molar-refractivity contribution in [2.24, 2.45) is 5.92 Å². The maximum Gasteiger partial charge on any atom is 0.239 e. The molecule has 1 unspecified atom stereocenters. The van der Waals surface area contributed by atoms with Crippen LogP contribution in [-0.2, 0) is 22.7 Å². The lowest BCUT2D eigenvalue weighted by Crippen LogP contribution is -2.38. The Morgan fingerprint density at radius 2 is 1.69 bits per heavy atom. The lowest BCUT2D eigenvalue weighted by Gasteiger charge is -2.13. The molecule has 2 aromatic carbocycles. The fourth-order valence-corrected chi connectivity index (χ4v) is 2.31. The van der Waals surface area contributed by atoms with Gasteiger partial charge in [0, 0.05) is 18.0 Å². The molecule has 138 valence electrons. The van der Waals surface area contributed by atoms with Gasteiger partial charge in [-0.25, -0.2) is 0 Å². The van der Waals surface area contributed by atoms with Crippen molar-refractivity contribution in [1.29, 1.82) is 0 Å². The van der Waals surface area contributed by atoms with Crippen LogP contribution in [0.15, 0.2) is 54.6 Å². The van der Waals surface area contributed by atoms with Crippen LogP contribution < -0.4 is 15.4 Å². The van der Waals surface area contributed by atoms with E-state index < -0.39 is 0 Å². The van der Waals surface area contributed by atoms with Gasteiger partial charge in [-0.05, 0) is 18.1 Å². The third-order valence-electron chi connectivity index (χ3n) is 4.17. The largest absolute Gasteiger partial charge is 0.489 e. The Hall–Kier alpha value is -2.82. The van der Waals surface area contributed by atoms with Crippen molar-refractivity contribution in [3.8, 4) is 5.75 Å². The van der Waals surface area contributed by atoms with E-state index in [0.717, 1.165) is 23.3 Å². The molecule has 5 nitrogen and oxygen atoms in total. The van der Waals surface area contributed by atoms with Crippen LogP contribution in [0.4, 0.5) is 0 Å². The number of nitrogens with one attached hydrogen (secondary N) is 2. The number of ether oxygens (including phenoxy) is 1. The molecule has 1 atom stereocenters. The Bertz CT molecular complexity index is 716. The van der Waals surface area contributed by atoms with Crippen LogP contribution in [0, 0.1) is 5.92 Å². The predicted octanol–water partition coefficient (Wildman–Crippen LogP) is 3.04. The number of hydrogen-bond acceptors (Lipinski definition) is 3. The first-order valence-electron chi connectivity index (χ1n) is 8.89. The summed E-state index contributed by atoms with van der Waals surface area (Å²) in [6.07, 6.45) is 0.750. The van der Waals surface area contributed by atoms with Crippen molar-refractivity contribution in [3.05, 3.63) is 65.7 Å². The van der Waals surface area contributed by atoms with Gasteiger partial charge in [-0.3, -0.25) is 9.59 Å². The number of amides is 2. The molecule has 0 fully saturated rings. The molecule has 5 heteroatoms. The third-order valence-corrected chi connectivity index (χ3v) is 4.17. The highest BCUT2D eigenvalue weighted by Crippen LogP contribution is 2.19. The van der Waals surface area contributed by atoms with Crippen molar-refractivity contribution in [2.45, 2.75) is 33.4 Å². The van der Waals surface area contributed by atoms with Crippen LogP contribution >= 0.6 is 0 Å². The molecule has 0 aliphatic heterocycles. The monoisotopic (exact) mass is 354 g/mol. The normalized spacial score (nSPS) is 11.5. The van der Waals surface area contributed by atoms with Gasteiger partial charge < -0.3 is 15.4 Å². The van der Waals surface area contributed by atoms with E-state index in [2.05, 4.69) is 10.6 Å². The summed E-state index contributed by atoms with van der Waals surface area (Å²) in [5, 5.41) is 5.46. The number of benzene rings is 2. The maximum absolute atomic E-state index is 12.0. The van der Waals surface area contributed by atoms with Gasteiger partial charge in [-0.1, -0.05) is 62.4 Å². The van der Waals surface area contributed by atoms with Crippen LogP contribution in [0.2, 0.25) is 0 Å². The van der Waals surface area contributed by atoms with Crippen LogP contribution in [0.3, 0.4) is 0 Å². The van der Waals surface area contributed by atoms with Crippen LogP contribution in [0.25, 0.3) is 0 Å². The highest BCUT2D eigenvalue weighted by Gasteiger charge is 2.12. The van der Waals surface area contributed by atoms with Crippen LogP contribution in [0.1, 0.15) is 31.4 Å². The first kappa shape index (κ1) is 19.5. The fraction of sp³-hybridized carbons (Fsp3) is 0.333. The minimum atomic E-state index is -0.223. The fourth-order valence-electron chi connectivity index (χ4n) is 2.31. The number of carbonyl (C=O) groups excluding carboxylic acids is 2. The number of rotatable bonds is 9. The molecule has 0 aliphatic carbocycles. The van der Waals surface area contributed by atoms with E-state index in [1.807, 2.05) is 68.4 Å². The van der Waals surface area contributed by atoms with Gasteiger partial charge in [0.2, 0.25) is 11.8 Å². The lowest BCUT2D eigenvalue weighted by molar-refractivity contribution is -0.128. The summed E-state index contributed by atoms with van der Waals surface area (Å²) in [5.74, 6) is 0.323. The molecule has 0 saturated carbocycles. The van der Waals surface area contributed by atoms with E-state index in [9.17, 15) is 9.59 Å². The van der Waals surface area contributed by atoms with Gasteiger partial charge in [0.25, 0.3) is 0 Å². The van der Waals surface area contributed by atoms with E-state index in [1.54, 1.807) is 0 Å². The number of para-hydroxylation sites is 1. The first-order chi connectivity index (χ1) is 12.6. The lowest BCUT2D eigenvalue weighted by atomic mass is 10.1. The Morgan fingerprint density at radius 3 is 2.42 bits per heavy atom. The van der Waals surface area contributed by atoms with Crippen molar-refractivity contribution < 1.29 is 14.3 Å². The van der Waals surface area contributed by atoms with Gasteiger partial charge >= 0.3 is 0 Å². The smallest absolute Gasteiger partial charge is 0.239 e. The zero-order valence-corrected chi connectivity index (χ0v) is 15.3. The average Bonchev–Trinajstić information content (AvgIpc) is 2.69. The molecule has 0 saturated heterocycles. The minimum Gasteiger partial charge on any atom is -0.489 e. The Balaban J connectivity index is 1.83. The molecular weight excluding hydrogens is 328 g/mol. The average molecular weight is 354 g/mol. The topological polar surface area (TPSA) is 67.4 Å². The van der Waals surface area contributed by atoms with E-state index >= 15 is 0 Å². The summed E-state index contributed by atoms with van der Waals surface area (Å²) < 4.78 is 5.88. The molecule has 0 bridgehead atoms. The number of carbonyl (C=O) groups is 2. The van der Waals surface area contributed by atoms with E-state index in [4.69, 9.17) is 4.74 Å². The standard InChI is InChI=1S/C21H26N2O3/c1-3-16(2)21(25)23-14-20(24)22-13-18-11-7-8-12-19(18)26-15-17-9-5-4-6-10-17/h4-12,16H,3,13-15H2,1-2H3,(H,22,24)(H,23,25). The molecule has 2 N–H and O–H groups in total. The second kappa shape index (κ2) is 10.2. The zero-order chi connectivity index (χ0) is 18.8. The highest BCUT2D eigenvalue weighted by molar-refractivity contribution is 5.85. The van der Waals surface area contributed by atoms with Gasteiger partial charge in [-0.2, -0.15) is 0 Å². The molecular formula is C21H26N2O3. The molecule has 0 radical (unpaired) electrons. The SMILES string of the molecule is CCC(C)C(=O)NCC(=O)NCc1ccccc1OCc1ccccc1. The van der Waals surface area contributed by atoms with Crippen molar-refractivity contribution >= 4 is 11.8 Å². The van der Waals surface area contributed by atoms with Crippen molar-refractivity contribution in [3.63, 3.8) is 0 Å². The summed E-state index contributed by atoms with van der Waals surface area (Å²) >= 11 is 0. The molecule has 2 amide bonds. The summed E-state index contributed by atoms with van der Waals surface area (Å²) in [4.78, 5) is 23.7. The maximum atomic E-state index is 12.0. The number of hydrogen-bond donors (Lipinski definition) is 2. The third kappa shape index (κ3) is 6.24. The molecule has 26 heavy (non-hydrogen) atoms. The second-order valence-electron chi connectivity index (χ2n) is 6.19. The Labute approximate surface area is 154 Å². The summed E-state index contributed by atoms with van der Waals surface area (Å²) in [6.45, 7) is 4.58. The molecule has 0 heterocycles. The molecule has 2 aromatic rings. The van der Waals surface area contributed by atoms with Gasteiger partial charge in [-0.15, -0.1) is 0 Å². The molecule has 0 aliphatic rings. The van der Waals surface area contributed by atoms with E-state index in [0.29, 0.717) is 13.2 Å². The van der Waals surface area contributed by atoms with Crippen molar-refractivity contribution in [1.82, 2.24) is 10.6 Å². The van der Waals surface area contributed by atoms with E-state index in [-0.39, 0.29) is 24.3 Å². The van der Waals surface area contributed by atoms with Gasteiger partial charge in [0.1, 0.15) is 12.4 Å². The minimum absolute atomic E-state index is 0.0176. The van der Waals surface area contributed by atoms with E-state index in [1.165, 1.54) is 0 Å². The molecule has 0 aromatic heterocycles. The zero-order valence-electron chi connectivity index (χ0n) is 15.3. The summed E-state index contributed by atoms with van der Waals surface area (Å²) in [5.41, 5.74) is 1.98. The highest BCUT2D eigenvalue weighted by atomic mass is 16.5. The quantitative estimate of drug-likeness (QED) is 0.727.